The number of carbonyl (C=O) groups excluding carboxylic acids is 1. The van der Waals surface area contributed by atoms with E-state index in [9.17, 15) is 14.5 Å². The van der Waals surface area contributed by atoms with Crippen LogP contribution in [0.4, 0.5) is 5.82 Å². The van der Waals surface area contributed by atoms with E-state index in [1.54, 1.807) is 41.8 Å². The average Bonchev–Trinajstić information content (AvgIpc) is 3.43. The highest BCUT2D eigenvalue weighted by atomic mass is 35.5. The van der Waals surface area contributed by atoms with Crippen molar-refractivity contribution < 1.29 is 33.0 Å². The Morgan fingerprint density at radius 1 is 1.39 bits per heavy atom. The van der Waals surface area contributed by atoms with Crippen LogP contribution in [0, 0.1) is 0 Å². The molecule has 5 atom stereocenters. The van der Waals surface area contributed by atoms with Crippen LogP contribution in [0.5, 0.6) is 5.75 Å². The average molecular weight is 541 g/mol. The van der Waals surface area contributed by atoms with Gasteiger partial charge in [0.05, 0.1) is 19.5 Å². The van der Waals surface area contributed by atoms with Crippen LogP contribution in [0.2, 0.25) is 5.28 Å². The third-order valence-electron chi connectivity index (χ3n) is 5.33. The van der Waals surface area contributed by atoms with Crippen LogP contribution < -0.4 is 15.3 Å². The molecule has 0 saturated carbocycles. The van der Waals surface area contributed by atoms with E-state index in [1.807, 2.05) is 0 Å². The number of esters is 1. The molecular weight excluding hydrogens is 515 g/mol. The van der Waals surface area contributed by atoms with Crippen molar-refractivity contribution in [2.75, 3.05) is 18.9 Å². The summed E-state index contributed by atoms with van der Waals surface area (Å²) in [5, 5.41) is 12.5. The Hall–Kier alpha value is -2.80. The van der Waals surface area contributed by atoms with E-state index in [-0.39, 0.29) is 29.9 Å². The number of benzene rings is 1. The Kier molecular flexibility index (Phi) is 8.08. The van der Waals surface area contributed by atoms with Gasteiger partial charge in [-0.05, 0) is 37.6 Å². The van der Waals surface area contributed by atoms with Gasteiger partial charge in [-0.25, -0.2) is 9.55 Å². The van der Waals surface area contributed by atoms with Gasteiger partial charge >= 0.3 is 13.7 Å². The molecule has 194 valence electrons. The topological polar surface area (TPSA) is 173 Å². The number of anilines is 1. The number of fused-ring (bicyclic) bond motifs is 1. The summed E-state index contributed by atoms with van der Waals surface area (Å²) in [6.07, 6.45) is -0.905. The Bertz CT molecular complexity index is 1260. The number of nitrogen functional groups attached to an aromatic ring is 1. The van der Waals surface area contributed by atoms with Crippen molar-refractivity contribution in [2.24, 2.45) is 0 Å². The van der Waals surface area contributed by atoms with Gasteiger partial charge in [-0.15, -0.1) is 0 Å². The van der Waals surface area contributed by atoms with Gasteiger partial charge in [-0.2, -0.15) is 15.1 Å². The molecule has 4 rings (SSSR count). The Labute approximate surface area is 211 Å². The lowest BCUT2D eigenvalue weighted by molar-refractivity contribution is -0.144. The van der Waals surface area contributed by atoms with Gasteiger partial charge < -0.3 is 24.8 Å². The number of ether oxygens (including phenoxy) is 2. The summed E-state index contributed by atoms with van der Waals surface area (Å²) in [4.78, 5) is 24.5. The molecule has 36 heavy (non-hydrogen) atoms. The van der Waals surface area contributed by atoms with Crippen LogP contribution in [-0.2, 0) is 23.4 Å². The van der Waals surface area contributed by atoms with E-state index in [4.69, 9.17) is 35.9 Å². The predicted octanol–water partition coefficient (Wildman–Crippen LogP) is 2.46. The SMILES string of the molecule is CCOC(=O)[C@H](C)NP(=O)(Oc1ccccc1)O[C@@H]1C[C@H](n2cnc3c(N)nc(Cl)nc32)O[C@@H]1CO. The molecule has 2 aromatic heterocycles. The van der Waals surface area contributed by atoms with Gasteiger partial charge in [0.1, 0.15) is 35.7 Å². The normalized spacial score (nSPS) is 22.3. The highest BCUT2D eigenvalue weighted by molar-refractivity contribution is 7.52. The van der Waals surface area contributed by atoms with Gasteiger partial charge in [-0.1, -0.05) is 18.2 Å². The van der Waals surface area contributed by atoms with Gasteiger partial charge in [0.25, 0.3) is 0 Å². The molecule has 1 saturated heterocycles. The number of nitrogens with two attached hydrogens (primary N) is 1. The standard InChI is InChI=1S/C21H26ClN6O7P/c1-3-32-20(30)12(2)27-36(31,34-13-7-5-4-6-8-13)35-14-9-16(33-15(14)10-29)28-11-24-17-18(23)25-21(22)26-19(17)28/h4-8,11-12,14-16,29H,3,9-10H2,1-2H3,(H,27,31)(H2,23,25,26)/t12-,14+,15+,16+,36?/m0/s1. The van der Waals surface area contributed by atoms with E-state index in [1.165, 1.54) is 13.3 Å². The second kappa shape index (κ2) is 11.1. The smallest absolute Gasteiger partial charge is 0.459 e. The summed E-state index contributed by atoms with van der Waals surface area (Å²) in [7, 11) is -4.18. The van der Waals surface area contributed by atoms with Gasteiger partial charge in [0, 0.05) is 6.42 Å². The zero-order valence-corrected chi connectivity index (χ0v) is 21.1. The quantitative estimate of drug-likeness (QED) is 0.195. The number of rotatable bonds is 10. The Balaban J connectivity index is 1.59. The van der Waals surface area contributed by atoms with Crippen molar-refractivity contribution in [2.45, 2.75) is 44.7 Å². The van der Waals surface area contributed by atoms with Crippen LogP contribution >= 0.6 is 19.3 Å². The molecule has 1 unspecified atom stereocenters. The van der Waals surface area contributed by atoms with Crippen LogP contribution in [0.1, 0.15) is 26.5 Å². The van der Waals surface area contributed by atoms with E-state index < -0.39 is 44.8 Å². The number of halogens is 1. The van der Waals surface area contributed by atoms with E-state index in [0.29, 0.717) is 11.2 Å². The molecule has 0 radical (unpaired) electrons. The molecule has 0 amide bonds. The minimum Gasteiger partial charge on any atom is -0.465 e. The van der Waals surface area contributed by atoms with Gasteiger partial charge in [0.2, 0.25) is 5.28 Å². The van der Waals surface area contributed by atoms with E-state index in [0.717, 1.165) is 0 Å². The monoisotopic (exact) mass is 540 g/mol. The van der Waals surface area contributed by atoms with Gasteiger partial charge in [0.15, 0.2) is 11.5 Å². The number of aromatic nitrogens is 4. The second-order valence-electron chi connectivity index (χ2n) is 7.90. The number of nitrogens with zero attached hydrogens (tertiary/aromatic N) is 4. The molecule has 15 heteroatoms. The number of para-hydroxylation sites is 1. The maximum absolute atomic E-state index is 13.8. The van der Waals surface area contributed by atoms with Crippen molar-refractivity contribution in [3.63, 3.8) is 0 Å². The largest absolute Gasteiger partial charge is 0.465 e. The summed E-state index contributed by atoms with van der Waals surface area (Å²) < 4.78 is 38.0. The predicted molar refractivity (Wildman–Crippen MR) is 129 cm³/mol. The zero-order valence-electron chi connectivity index (χ0n) is 19.5. The second-order valence-corrected chi connectivity index (χ2v) is 9.88. The number of hydrogen-bond donors (Lipinski definition) is 3. The number of imidazole rings is 1. The van der Waals surface area contributed by atoms with Crippen LogP contribution in [0.15, 0.2) is 36.7 Å². The maximum atomic E-state index is 13.8. The fraction of sp³-hybridized carbons (Fsp3) is 0.429. The van der Waals surface area contributed by atoms with Crippen LogP contribution in [0.25, 0.3) is 11.2 Å². The van der Waals surface area contributed by atoms with Crippen molar-refractivity contribution in [1.82, 2.24) is 24.6 Å². The number of aliphatic hydroxyl groups excluding tert-OH is 1. The minimum absolute atomic E-state index is 0.0656. The van der Waals surface area contributed by atoms with Crippen molar-refractivity contribution >= 4 is 42.3 Å². The zero-order chi connectivity index (χ0) is 25.9. The van der Waals surface area contributed by atoms with Crippen molar-refractivity contribution in [1.29, 1.82) is 0 Å². The summed E-state index contributed by atoms with van der Waals surface area (Å²) in [5.41, 5.74) is 6.54. The first-order chi connectivity index (χ1) is 17.2. The summed E-state index contributed by atoms with van der Waals surface area (Å²) >= 11 is 5.96. The molecule has 0 spiro atoms. The fourth-order valence-electron chi connectivity index (χ4n) is 3.70. The van der Waals surface area contributed by atoms with E-state index in [2.05, 4.69) is 20.0 Å². The van der Waals surface area contributed by atoms with Crippen molar-refractivity contribution in [3.8, 4) is 5.75 Å². The molecule has 3 aromatic rings. The number of nitrogens with one attached hydrogen (secondary N) is 1. The lowest BCUT2D eigenvalue weighted by Gasteiger charge is -2.26. The highest BCUT2D eigenvalue weighted by Crippen LogP contribution is 2.49. The molecule has 1 fully saturated rings. The van der Waals surface area contributed by atoms with E-state index >= 15 is 0 Å². The molecule has 3 heterocycles. The summed E-state index contributed by atoms with van der Waals surface area (Å²) in [5.74, 6) is -0.273. The number of aliphatic hydroxyl groups is 1. The summed E-state index contributed by atoms with van der Waals surface area (Å²) in [6, 6.07) is 7.34. The highest BCUT2D eigenvalue weighted by Gasteiger charge is 2.44. The van der Waals surface area contributed by atoms with Gasteiger partial charge in [-0.3, -0.25) is 13.9 Å². The molecule has 13 nitrogen and oxygen atoms in total. The minimum atomic E-state index is -4.18. The first kappa shape index (κ1) is 26.3. The molecule has 0 bridgehead atoms. The van der Waals surface area contributed by atoms with Crippen molar-refractivity contribution in [3.05, 3.63) is 41.9 Å². The lowest BCUT2D eigenvalue weighted by Crippen LogP contribution is -2.37. The van der Waals surface area contributed by atoms with Crippen LogP contribution in [-0.4, -0.2) is 62.1 Å². The molecule has 1 aliphatic rings. The maximum Gasteiger partial charge on any atom is 0.459 e. The molecule has 1 aromatic carbocycles. The Morgan fingerprint density at radius 2 is 2.14 bits per heavy atom. The Morgan fingerprint density at radius 3 is 2.83 bits per heavy atom. The first-order valence-corrected chi connectivity index (χ1v) is 13.0. The fourth-order valence-corrected chi connectivity index (χ4v) is 5.59. The number of carbonyl (C=O) groups is 1. The molecule has 4 N–H and O–H groups in total. The lowest BCUT2D eigenvalue weighted by atomic mass is 10.2. The molecular formula is C21H26ClN6O7P. The van der Waals surface area contributed by atoms with Crippen LogP contribution in [0.3, 0.4) is 0 Å². The first-order valence-electron chi connectivity index (χ1n) is 11.1. The molecule has 0 aliphatic carbocycles. The molecule has 1 aliphatic heterocycles. The third kappa shape index (κ3) is 5.77. The third-order valence-corrected chi connectivity index (χ3v) is 7.20. The number of hydrogen-bond acceptors (Lipinski definition) is 11. The summed E-state index contributed by atoms with van der Waals surface area (Å²) in [6.45, 7) is 2.85.